The maximum absolute atomic E-state index is 5.87. The molecule has 0 amide bonds. The minimum atomic E-state index is 0.560. The van der Waals surface area contributed by atoms with Crippen LogP contribution >= 0.6 is 11.6 Å². The van der Waals surface area contributed by atoms with Crippen LogP contribution < -0.4 is 5.73 Å². The van der Waals surface area contributed by atoms with Crippen molar-refractivity contribution in [2.45, 2.75) is 26.8 Å². The van der Waals surface area contributed by atoms with Crippen LogP contribution in [0.1, 0.15) is 19.0 Å². The number of rotatable bonds is 2. The lowest BCUT2D eigenvalue weighted by molar-refractivity contribution is 0.599. The van der Waals surface area contributed by atoms with Gasteiger partial charge in [-0.05, 0) is 13.3 Å². The zero-order chi connectivity index (χ0) is 8.43. The third kappa shape index (κ3) is 1.48. The Bertz CT molecular complexity index is 254. The molecule has 0 atom stereocenters. The zero-order valence-corrected chi connectivity index (χ0v) is 7.52. The molecule has 0 bridgehead atoms. The van der Waals surface area contributed by atoms with Crippen molar-refractivity contribution >= 4 is 17.3 Å². The van der Waals surface area contributed by atoms with Crippen molar-refractivity contribution in [2.24, 2.45) is 0 Å². The number of nitrogen functional groups attached to an aromatic ring is 1. The fourth-order valence-electron chi connectivity index (χ4n) is 0.927. The summed E-state index contributed by atoms with van der Waals surface area (Å²) in [7, 11) is 0. The highest BCUT2D eigenvalue weighted by Gasteiger charge is 2.07. The average molecular weight is 174 g/mol. The summed E-state index contributed by atoms with van der Waals surface area (Å²) in [5, 5.41) is 4.72. The molecule has 0 saturated heterocycles. The van der Waals surface area contributed by atoms with E-state index in [-0.39, 0.29) is 0 Å². The monoisotopic (exact) mass is 173 g/mol. The molecule has 2 N–H and O–H groups in total. The van der Waals surface area contributed by atoms with Crippen LogP contribution in [0.4, 0.5) is 5.69 Å². The fourth-order valence-corrected chi connectivity index (χ4v) is 1.19. The van der Waals surface area contributed by atoms with E-state index < -0.39 is 0 Å². The van der Waals surface area contributed by atoms with Crippen molar-refractivity contribution in [1.29, 1.82) is 0 Å². The van der Waals surface area contributed by atoms with Gasteiger partial charge >= 0.3 is 0 Å². The fraction of sp³-hybridized carbons (Fsp3) is 0.571. The predicted molar refractivity (Wildman–Crippen MR) is 46.7 cm³/mol. The molecule has 0 aliphatic carbocycles. The van der Waals surface area contributed by atoms with Gasteiger partial charge in [0.25, 0.3) is 0 Å². The van der Waals surface area contributed by atoms with E-state index in [1.54, 1.807) is 4.68 Å². The van der Waals surface area contributed by atoms with Gasteiger partial charge in [0.15, 0.2) is 0 Å². The van der Waals surface area contributed by atoms with Crippen LogP contribution in [0.25, 0.3) is 0 Å². The summed E-state index contributed by atoms with van der Waals surface area (Å²) >= 11 is 5.87. The van der Waals surface area contributed by atoms with Crippen LogP contribution in [-0.2, 0) is 6.54 Å². The summed E-state index contributed by atoms with van der Waals surface area (Å²) in [6, 6.07) is 0. The molecule has 0 aliphatic heterocycles. The lowest BCUT2D eigenvalue weighted by Crippen LogP contribution is -1.98. The molecular weight excluding hydrogens is 162 g/mol. The van der Waals surface area contributed by atoms with Crippen molar-refractivity contribution in [3.8, 4) is 0 Å². The zero-order valence-electron chi connectivity index (χ0n) is 6.76. The van der Waals surface area contributed by atoms with Gasteiger partial charge in [0, 0.05) is 6.54 Å². The second-order valence-electron chi connectivity index (χ2n) is 2.51. The normalized spacial score (nSPS) is 10.5. The maximum atomic E-state index is 5.87. The molecule has 11 heavy (non-hydrogen) atoms. The molecule has 4 heteroatoms. The van der Waals surface area contributed by atoms with Gasteiger partial charge in [-0.3, -0.25) is 4.68 Å². The highest BCUT2D eigenvalue weighted by Crippen LogP contribution is 2.21. The lowest BCUT2D eigenvalue weighted by atomic mass is 10.4. The highest BCUT2D eigenvalue weighted by molar-refractivity contribution is 6.32. The summed E-state index contributed by atoms with van der Waals surface area (Å²) in [6.07, 6.45) is 1.01. The number of hydrogen-bond acceptors (Lipinski definition) is 2. The van der Waals surface area contributed by atoms with Crippen LogP contribution in [-0.4, -0.2) is 9.78 Å². The number of hydrogen-bond donors (Lipinski definition) is 1. The van der Waals surface area contributed by atoms with Crippen LogP contribution in [0.15, 0.2) is 0 Å². The molecule has 0 saturated carbocycles. The summed E-state index contributed by atoms with van der Waals surface area (Å²) in [4.78, 5) is 0. The van der Waals surface area contributed by atoms with Gasteiger partial charge in [-0.25, -0.2) is 0 Å². The average Bonchev–Trinajstić information content (AvgIpc) is 2.19. The van der Waals surface area contributed by atoms with Crippen LogP contribution in [0.2, 0.25) is 5.15 Å². The summed E-state index contributed by atoms with van der Waals surface area (Å²) in [5.41, 5.74) is 7.02. The topological polar surface area (TPSA) is 43.8 Å². The first kappa shape index (κ1) is 8.40. The van der Waals surface area contributed by atoms with E-state index in [1.807, 2.05) is 6.92 Å². The Morgan fingerprint density at radius 1 is 1.64 bits per heavy atom. The second-order valence-corrected chi connectivity index (χ2v) is 2.87. The number of aryl methyl sites for hydroxylation is 2. The van der Waals surface area contributed by atoms with E-state index in [0.717, 1.165) is 18.7 Å². The quantitative estimate of drug-likeness (QED) is 0.742. The molecule has 0 aromatic carbocycles. The Morgan fingerprint density at radius 3 is 2.64 bits per heavy atom. The largest absolute Gasteiger partial charge is 0.395 e. The van der Waals surface area contributed by atoms with Crippen molar-refractivity contribution < 1.29 is 0 Å². The number of halogens is 1. The van der Waals surface area contributed by atoms with E-state index in [4.69, 9.17) is 17.3 Å². The predicted octanol–water partition coefficient (Wildman–Crippen LogP) is 1.84. The smallest absolute Gasteiger partial charge is 0.150 e. The molecule has 3 nitrogen and oxygen atoms in total. The van der Waals surface area contributed by atoms with E-state index in [0.29, 0.717) is 10.8 Å². The van der Waals surface area contributed by atoms with Crippen molar-refractivity contribution in [3.05, 3.63) is 10.8 Å². The van der Waals surface area contributed by atoms with E-state index in [2.05, 4.69) is 12.0 Å². The second kappa shape index (κ2) is 3.13. The van der Waals surface area contributed by atoms with Gasteiger partial charge in [0.05, 0.1) is 11.4 Å². The highest BCUT2D eigenvalue weighted by atomic mass is 35.5. The Kier molecular flexibility index (Phi) is 2.39. The molecule has 0 radical (unpaired) electrons. The van der Waals surface area contributed by atoms with Crippen molar-refractivity contribution in [2.75, 3.05) is 5.73 Å². The summed E-state index contributed by atoms with van der Waals surface area (Å²) in [6.45, 7) is 4.76. The molecule has 0 unspecified atom stereocenters. The van der Waals surface area contributed by atoms with Crippen LogP contribution in [0.3, 0.4) is 0 Å². The Labute approximate surface area is 71.1 Å². The van der Waals surface area contributed by atoms with Crippen molar-refractivity contribution in [3.63, 3.8) is 0 Å². The standard InChI is InChI=1S/C7H12ClN3/c1-3-4-11-7(8)6(9)5(2)10-11/h3-4,9H2,1-2H3. The molecule has 0 spiro atoms. The number of nitrogens with two attached hydrogens (primary N) is 1. The molecule has 1 rings (SSSR count). The molecule has 1 aromatic rings. The first-order chi connectivity index (χ1) is 5.16. The van der Waals surface area contributed by atoms with E-state index in [9.17, 15) is 0 Å². The van der Waals surface area contributed by atoms with Gasteiger partial charge in [-0.2, -0.15) is 5.10 Å². The molecular formula is C7H12ClN3. The molecule has 1 heterocycles. The summed E-state index contributed by atoms with van der Waals surface area (Å²) in [5.74, 6) is 0. The van der Waals surface area contributed by atoms with Crippen LogP contribution in [0, 0.1) is 6.92 Å². The third-order valence-corrected chi connectivity index (χ3v) is 1.94. The van der Waals surface area contributed by atoms with Gasteiger partial charge in [-0.1, -0.05) is 18.5 Å². The Hall–Kier alpha value is -0.700. The van der Waals surface area contributed by atoms with Gasteiger partial charge in [-0.15, -0.1) is 0 Å². The first-order valence-electron chi connectivity index (χ1n) is 3.65. The first-order valence-corrected chi connectivity index (χ1v) is 4.03. The third-order valence-electron chi connectivity index (χ3n) is 1.54. The molecule has 0 fully saturated rings. The van der Waals surface area contributed by atoms with Gasteiger partial charge < -0.3 is 5.73 Å². The minimum absolute atomic E-state index is 0.560. The maximum Gasteiger partial charge on any atom is 0.150 e. The van der Waals surface area contributed by atoms with E-state index in [1.165, 1.54) is 0 Å². The molecule has 62 valence electrons. The lowest BCUT2D eigenvalue weighted by Gasteiger charge is -1.97. The Morgan fingerprint density at radius 2 is 2.27 bits per heavy atom. The molecule has 1 aromatic heterocycles. The molecule has 0 aliphatic rings. The van der Waals surface area contributed by atoms with Gasteiger partial charge in [0.1, 0.15) is 5.15 Å². The number of nitrogens with zero attached hydrogens (tertiary/aromatic N) is 2. The SMILES string of the molecule is CCCn1nc(C)c(N)c1Cl. The van der Waals surface area contributed by atoms with Gasteiger partial charge in [0.2, 0.25) is 0 Å². The minimum Gasteiger partial charge on any atom is -0.395 e. The number of aromatic nitrogens is 2. The van der Waals surface area contributed by atoms with Crippen molar-refractivity contribution in [1.82, 2.24) is 9.78 Å². The van der Waals surface area contributed by atoms with E-state index >= 15 is 0 Å². The Balaban J connectivity index is 2.98. The summed E-state index contributed by atoms with van der Waals surface area (Å²) < 4.78 is 1.73. The van der Waals surface area contributed by atoms with Crippen LogP contribution in [0.5, 0.6) is 0 Å². The number of anilines is 1.